The van der Waals surface area contributed by atoms with Gasteiger partial charge in [0.1, 0.15) is 0 Å². The van der Waals surface area contributed by atoms with Crippen LogP contribution in [0.2, 0.25) is 39.3 Å². The van der Waals surface area contributed by atoms with Crippen molar-refractivity contribution in [1.82, 2.24) is 9.80 Å². The monoisotopic (exact) mass is 929 g/mol. The van der Waals surface area contributed by atoms with Crippen molar-refractivity contribution >= 4 is 16.1 Å². The molecule has 2 atom stereocenters. The summed E-state index contributed by atoms with van der Waals surface area (Å²) in [5.41, 5.74) is 2.54. The fraction of sp³-hybridized carbons (Fsp3) is 0.682. The number of hydrogen-bond acceptors (Lipinski definition) is 2. The van der Waals surface area contributed by atoms with Gasteiger partial charge in [0.05, 0.1) is 0 Å². The third-order valence-electron chi connectivity index (χ3n) is 8.68. The fourth-order valence-corrected chi connectivity index (χ4v) is 5.99. The molecule has 9 heteroatoms. The van der Waals surface area contributed by atoms with Crippen LogP contribution in [0.15, 0.2) is 60.7 Å². The van der Waals surface area contributed by atoms with Crippen LogP contribution in [0.5, 0.6) is 0 Å². The molecule has 304 valence electrons. The molecular formula is C44H80HfN6Si2-6. The Morgan fingerprint density at radius 3 is 1.04 bits per heavy atom. The van der Waals surface area contributed by atoms with Crippen molar-refractivity contribution in [2.24, 2.45) is 0 Å². The molecule has 2 unspecified atom stereocenters. The van der Waals surface area contributed by atoms with Gasteiger partial charge in [-0.25, -0.2) is 0 Å². The molecule has 0 aromatic heterocycles. The van der Waals surface area contributed by atoms with E-state index in [0.29, 0.717) is 12.1 Å². The molecule has 53 heavy (non-hydrogen) atoms. The summed E-state index contributed by atoms with van der Waals surface area (Å²) >= 11 is 0. The van der Waals surface area contributed by atoms with Crippen molar-refractivity contribution in [3.63, 3.8) is 0 Å². The minimum Gasteiger partial charge on any atom is -0.663 e. The average molecular weight is 928 g/mol. The van der Waals surface area contributed by atoms with Crippen LogP contribution >= 0.6 is 0 Å². The molecule has 2 aliphatic rings. The molecule has 2 fully saturated rings. The van der Waals surface area contributed by atoms with Crippen LogP contribution in [0.25, 0.3) is 21.3 Å². The molecule has 0 amide bonds. The summed E-state index contributed by atoms with van der Waals surface area (Å²) in [6.45, 7) is 35.5. The van der Waals surface area contributed by atoms with Gasteiger partial charge in [0.2, 0.25) is 0 Å². The van der Waals surface area contributed by atoms with Crippen LogP contribution in [0.1, 0.15) is 103 Å². The second kappa shape index (κ2) is 30.6. The first-order valence-electron chi connectivity index (χ1n) is 20.7. The first-order valence-corrected chi connectivity index (χ1v) is 28.1. The third kappa shape index (κ3) is 29.4. The van der Waals surface area contributed by atoms with Gasteiger partial charge in [-0.15, -0.1) is 41.3 Å². The Bertz CT molecular complexity index is 979. The standard InChI is InChI=1S/2C18H29N3.2C4H11Si.Hf/c2*1-3-21(4-2)18(20-17-13-9-6-10-14-17)19-15-16-11-7-5-8-12-16;2*1-5(2,3)4;/h2*5,7-8,11-12,17-18H,3-4,6,9-10,13-15H2,1-2H3;2*1H2,2-4H3;/q2*-2;2*-1;. The van der Waals surface area contributed by atoms with Crippen LogP contribution in [0, 0.1) is 13.1 Å². The number of nitrogens with zero attached hydrogens (tertiary/aromatic N) is 6. The predicted octanol–water partition coefficient (Wildman–Crippen LogP) is 13.2. The summed E-state index contributed by atoms with van der Waals surface area (Å²) in [4.78, 5) is 4.72. The zero-order valence-corrected chi connectivity index (χ0v) is 41.6. The predicted molar refractivity (Wildman–Crippen MR) is 238 cm³/mol. The fourth-order valence-electron chi connectivity index (χ4n) is 5.99. The molecule has 0 N–H and O–H groups in total. The second-order valence-corrected chi connectivity index (χ2v) is 27.0. The van der Waals surface area contributed by atoms with Gasteiger partial charge in [-0.05, 0) is 26.2 Å². The molecular weight excluding hydrogens is 847 g/mol. The molecule has 2 saturated carbocycles. The van der Waals surface area contributed by atoms with Crippen molar-refractivity contribution in [3.8, 4) is 0 Å². The molecule has 2 aromatic carbocycles. The summed E-state index contributed by atoms with van der Waals surface area (Å²) in [5.74, 6) is 0. The first-order chi connectivity index (χ1) is 24.7. The number of rotatable bonds is 16. The molecule has 2 aromatic rings. The van der Waals surface area contributed by atoms with Crippen molar-refractivity contribution in [2.45, 2.75) is 169 Å². The molecule has 0 spiro atoms. The Labute approximate surface area is 351 Å². The molecule has 0 aliphatic heterocycles. The Morgan fingerprint density at radius 1 is 0.528 bits per heavy atom. The molecule has 4 rings (SSSR count). The van der Waals surface area contributed by atoms with Crippen molar-refractivity contribution in [1.29, 1.82) is 0 Å². The van der Waals surface area contributed by atoms with E-state index in [1.807, 2.05) is 0 Å². The van der Waals surface area contributed by atoms with Crippen molar-refractivity contribution in [3.05, 3.63) is 106 Å². The van der Waals surface area contributed by atoms with E-state index >= 15 is 0 Å². The van der Waals surface area contributed by atoms with Crippen LogP contribution in [-0.4, -0.2) is 76.8 Å². The van der Waals surface area contributed by atoms with Gasteiger partial charge < -0.3 is 44.2 Å². The van der Waals surface area contributed by atoms with Crippen LogP contribution in [0.4, 0.5) is 0 Å². The Morgan fingerprint density at radius 2 is 0.792 bits per heavy atom. The van der Waals surface area contributed by atoms with Gasteiger partial charge in [0.15, 0.2) is 0 Å². The summed E-state index contributed by atoms with van der Waals surface area (Å²) in [5, 5.41) is 19.9. The quantitative estimate of drug-likeness (QED) is 0.124. The smallest absolute Gasteiger partial charge is 0 e. The molecule has 0 saturated heterocycles. The normalized spacial score (nSPS) is 16.6. The van der Waals surface area contributed by atoms with Gasteiger partial charge in [-0.1, -0.05) is 203 Å². The Balaban J connectivity index is 0.000000802. The van der Waals surface area contributed by atoms with E-state index in [2.05, 4.69) is 151 Å². The molecule has 2 aliphatic carbocycles. The largest absolute Gasteiger partial charge is 0.663 e. The minimum atomic E-state index is -0.861. The maximum atomic E-state index is 5.05. The van der Waals surface area contributed by atoms with Crippen molar-refractivity contribution in [2.75, 3.05) is 26.2 Å². The molecule has 0 radical (unpaired) electrons. The maximum Gasteiger partial charge on any atom is 0 e. The maximum absolute atomic E-state index is 5.05. The molecule has 6 nitrogen and oxygen atoms in total. The number of benzene rings is 2. The van der Waals surface area contributed by atoms with E-state index in [0.717, 1.165) is 39.3 Å². The molecule has 0 heterocycles. The third-order valence-corrected chi connectivity index (χ3v) is 8.68. The average Bonchev–Trinajstić information content (AvgIpc) is 3.11. The van der Waals surface area contributed by atoms with E-state index in [-0.39, 0.29) is 38.4 Å². The van der Waals surface area contributed by atoms with E-state index in [1.54, 1.807) is 0 Å². The zero-order chi connectivity index (χ0) is 38.8. The van der Waals surface area contributed by atoms with E-state index in [4.69, 9.17) is 21.3 Å². The summed E-state index contributed by atoms with van der Waals surface area (Å²) in [6.07, 6.45) is 13.1. The van der Waals surface area contributed by atoms with Gasteiger partial charge in [0.25, 0.3) is 0 Å². The van der Waals surface area contributed by atoms with Crippen LogP contribution in [-0.2, 0) is 38.9 Å². The van der Waals surface area contributed by atoms with Gasteiger partial charge in [0, 0.05) is 25.8 Å². The van der Waals surface area contributed by atoms with Gasteiger partial charge >= 0.3 is 0 Å². The summed E-state index contributed by atoms with van der Waals surface area (Å²) < 4.78 is 0. The van der Waals surface area contributed by atoms with E-state index < -0.39 is 16.1 Å². The van der Waals surface area contributed by atoms with E-state index in [9.17, 15) is 0 Å². The van der Waals surface area contributed by atoms with Gasteiger partial charge in [-0.3, -0.25) is 0 Å². The second-order valence-electron chi connectivity index (χ2n) is 16.8. The van der Waals surface area contributed by atoms with Gasteiger partial charge in [-0.2, -0.15) is 12.6 Å². The number of hydrogen-bond donors (Lipinski definition) is 0. The van der Waals surface area contributed by atoms with Crippen LogP contribution < -0.4 is 0 Å². The SMILES string of the molecule is CCN(CC)C([N-]Cc1ccccc1)[N-]C1CCCCC1.CCN(CC)C([N-]Cc1ccccc1)[N-]C1CCCCC1.[CH2-][Si](C)(C)C.[CH2-][Si](C)(C)C.[Hf]. The Hall–Kier alpha value is -0.496. The molecule has 0 bridgehead atoms. The van der Waals surface area contributed by atoms with Crippen molar-refractivity contribution < 1.29 is 25.8 Å². The minimum absolute atomic E-state index is 0. The first kappa shape index (κ1) is 52.5. The van der Waals surface area contributed by atoms with E-state index in [1.165, 1.54) is 75.3 Å². The summed E-state index contributed by atoms with van der Waals surface area (Å²) in [7, 11) is -1.72. The Kier molecular flexibility index (Phi) is 30.3. The van der Waals surface area contributed by atoms with Crippen LogP contribution in [0.3, 0.4) is 0 Å². The topological polar surface area (TPSA) is 62.9 Å². The zero-order valence-electron chi connectivity index (χ0n) is 36.0. The summed E-state index contributed by atoms with van der Waals surface area (Å²) in [6, 6.07) is 22.0.